The number of ether oxygens (including phenoxy) is 2. The number of hydrogen-bond donors (Lipinski definition) is 0. The van der Waals surface area contributed by atoms with Gasteiger partial charge < -0.3 is 9.47 Å². The van der Waals surface area contributed by atoms with Crippen molar-refractivity contribution >= 4 is 5.78 Å². The highest BCUT2D eigenvalue weighted by molar-refractivity contribution is 5.97. The average Bonchev–Trinajstić information content (AvgIpc) is 3.00. The van der Waals surface area contributed by atoms with E-state index in [4.69, 9.17) is 9.47 Å². The van der Waals surface area contributed by atoms with E-state index >= 15 is 0 Å². The van der Waals surface area contributed by atoms with Gasteiger partial charge in [0.15, 0.2) is 12.4 Å². The molecule has 0 heterocycles. The van der Waals surface area contributed by atoms with E-state index in [-0.39, 0.29) is 12.4 Å². The molecule has 21 heavy (non-hydrogen) atoms. The van der Waals surface area contributed by atoms with Gasteiger partial charge in [-0.2, -0.15) is 0 Å². The van der Waals surface area contributed by atoms with Crippen LogP contribution >= 0.6 is 0 Å². The number of hydrogen-bond acceptors (Lipinski definition) is 3. The normalized spacial score (nSPS) is 12.8. The number of benzene rings is 2. The molecule has 0 aromatic heterocycles. The Kier molecular flexibility index (Phi) is 3.91. The molecule has 2 aromatic rings. The first-order valence-electron chi connectivity index (χ1n) is 7.18. The highest BCUT2D eigenvalue weighted by Gasteiger charge is 2.12. The highest BCUT2D eigenvalue weighted by atomic mass is 16.5. The van der Waals surface area contributed by atoms with Crippen LogP contribution in [0.15, 0.2) is 42.5 Å². The molecule has 0 spiro atoms. The molecule has 1 aliphatic rings. The van der Waals surface area contributed by atoms with Crippen LogP contribution in [0.2, 0.25) is 0 Å². The quantitative estimate of drug-likeness (QED) is 0.788. The molecule has 3 heteroatoms. The van der Waals surface area contributed by atoms with E-state index in [2.05, 4.69) is 12.1 Å². The van der Waals surface area contributed by atoms with Gasteiger partial charge in [-0.15, -0.1) is 0 Å². The lowest BCUT2D eigenvalue weighted by atomic mass is 10.1. The molecule has 0 aliphatic heterocycles. The highest BCUT2D eigenvalue weighted by Crippen LogP contribution is 2.26. The number of aryl methyl sites for hydroxylation is 2. The molecular weight excluding hydrogens is 264 g/mol. The Balaban J connectivity index is 1.62. The zero-order valence-corrected chi connectivity index (χ0v) is 12.1. The van der Waals surface area contributed by atoms with Crippen molar-refractivity contribution < 1.29 is 14.3 Å². The summed E-state index contributed by atoms with van der Waals surface area (Å²) in [6, 6.07) is 13.2. The van der Waals surface area contributed by atoms with Gasteiger partial charge in [0, 0.05) is 5.56 Å². The third kappa shape index (κ3) is 3.07. The Morgan fingerprint density at radius 3 is 2.48 bits per heavy atom. The summed E-state index contributed by atoms with van der Waals surface area (Å²) in [5.41, 5.74) is 3.39. The topological polar surface area (TPSA) is 35.5 Å². The van der Waals surface area contributed by atoms with Crippen molar-refractivity contribution in [2.24, 2.45) is 0 Å². The van der Waals surface area contributed by atoms with Crippen molar-refractivity contribution in [3.8, 4) is 11.5 Å². The van der Waals surface area contributed by atoms with Crippen molar-refractivity contribution in [2.45, 2.75) is 19.3 Å². The molecule has 0 saturated heterocycles. The molecule has 0 atom stereocenters. The van der Waals surface area contributed by atoms with E-state index < -0.39 is 0 Å². The van der Waals surface area contributed by atoms with Crippen molar-refractivity contribution in [3.63, 3.8) is 0 Å². The molecule has 0 bridgehead atoms. The van der Waals surface area contributed by atoms with Gasteiger partial charge in [0.25, 0.3) is 0 Å². The van der Waals surface area contributed by atoms with E-state index in [9.17, 15) is 4.79 Å². The van der Waals surface area contributed by atoms with Crippen LogP contribution in [0.1, 0.15) is 27.9 Å². The maximum atomic E-state index is 12.1. The molecule has 0 amide bonds. The van der Waals surface area contributed by atoms with Gasteiger partial charge in [-0.3, -0.25) is 4.79 Å². The summed E-state index contributed by atoms with van der Waals surface area (Å²) >= 11 is 0. The number of ketones is 1. The van der Waals surface area contributed by atoms with Gasteiger partial charge in [0.2, 0.25) is 0 Å². The number of rotatable bonds is 5. The van der Waals surface area contributed by atoms with Crippen LogP contribution in [-0.2, 0) is 12.8 Å². The van der Waals surface area contributed by atoms with Crippen LogP contribution in [0.5, 0.6) is 11.5 Å². The lowest BCUT2D eigenvalue weighted by molar-refractivity contribution is 0.0921. The van der Waals surface area contributed by atoms with Crippen molar-refractivity contribution in [2.75, 3.05) is 13.7 Å². The Morgan fingerprint density at radius 2 is 1.71 bits per heavy atom. The van der Waals surface area contributed by atoms with Gasteiger partial charge in [-0.05, 0) is 66.8 Å². The zero-order chi connectivity index (χ0) is 14.7. The first kappa shape index (κ1) is 13.7. The number of methoxy groups -OCH3 is 1. The standard InChI is InChI=1S/C18H18O3/c1-20-16-8-6-14(7-9-16)18(19)12-21-17-10-5-13-3-2-4-15(13)11-17/h5-11H,2-4,12H2,1H3. The van der Waals surface area contributed by atoms with Gasteiger partial charge in [0.05, 0.1) is 7.11 Å². The summed E-state index contributed by atoms with van der Waals surface area (Å²) in [6.45, 7) is 0.0606. The van der Waals surface area contributed by atoms with Crippen LogP contribution in [0, 0.1) is 0 Å². The summed E-state index contributed by atoms with van der Waals surface area (Å²) in [6.07, 6.45) is 3.48. The van der Waals surface area contributed by atoms with Gasteiger partial charge in [0.1, 0.15) is 11.5 Å². The van der Waals surface area contributed by atoms with Crippen molar-refractivity contribution in [1.82, 2.24) is 0 Å². The summed E-state index contributed by atoms with van der Waals surface area (Å²) in [5, 5.41) is 0. The van der Waals surface area contributed by atoms with Crippen LogP contribution < -0.4 is 9.47 Å². The first-order chi connectivity index (χ1) is 10.3. The largest absolute Gasteiger partial charge is 0.497 e. The predicted molar refractivity (Wildman–Crippen MR) is 81.3 cm³/mol. The molecule has 0 fully saturated rings. The SMILES string of the molecule is COc1ccc(C(=O)COc2ccc3c(c2)CCC3)cc1. The monoisotopic (exact) mass is 282 g/mol. The predicted octanol–water partition coefficient (Wildman–Crippen LogP) is 3.45. The van der Waals surface area contributed by atoms with Crippen LogP contribution in [0.25, 0.3) is 0 Å². The van der Waals surface area contributed by atoms with Crippen molar-refractivity contribution in [3.05, 3.63) is 59.2 Å². The van der Waals surface area contributed by atoms with E-state index in [0.717, 1.165) is 24.3 Å². The minimum Gasteiger partial charge on any atom is -0.497 e. The van der Waals surface area contributed by atoms with Crippen LogP contribution in [0.3, 0.4) is 0 Å². The lowest BCUT2D eigenvalue weighted by Gasteiger charge is -2.08. The Bertz CT molecular complexity index is 644. The fraction of sp³-hybridized carbons (Fsp3) is 0.278. The third-order valence-electron chi connectivity index (χ3n) is 3.85. The maximum absolute atomic E-state index is 12.1. The second-order valence-corrected chi connectivity index (χ2v) is 5.22. The van der Waals surface area contributed by atoms with E-state index in [0.29, 0.717) is 5.56 Å². The lowest BCUT2D eigenvalue weighted by Crippen LogP contribution is -2.11. The van der Waals surface area contributed by atoms with E-state index in [1.165, 1.54) is 17.5 Å². The number of carbonyl (C=O) groups excluding carboxylic acids is 1. The maximum Gasteiger partial charge on any atom is 0.200 e. The smallest absolute Gasteiger partial charge is 0.200 e. The Morgan fingerprint density at radius 1 is 1.00 bits per heavy atom. The minimum atomic E-state index is -0.0295. The number of Topliss-reactive ketones (excluding diaryl/α,β-unsaturated/α-hetero) is 1. The fourth-order valence-corrected chi connectivity index (χ4v) is 2.65. The van der Waals surface area contributed by atoms with E-state index in [1.54, 1.807) is 31.4 Å². The van der Waals surface area contributed by atoms with Gasteiger partial charge in [-0.1, -0.05) is 6.07 Å². The summed E-state index contributed by atoms with van der Waals surface area (Å²) in [4.78, 5) is 12.1. The third-order valence-corrected chi connectivity index (χ3v) is 3.85. The molecule has 3 rings (SSSR count). The van der Waals surface area contributed by atoms with Crippen LogP contribution in [0.4, 0.5) is 0 Å². The molecule has 0 radical (unpaired) electrons. The van der Waals surface area contributed by atoms with E-state index in [1.807, 2.05) is 6.07 Å². The summed E-state index contributed by atoms with van der Waals surface area (Å²) in [7, 11) is 1.60. The molecule has 0 unspecified atom stereocenters. The fourth-order valence-electron chi connectivity index (χ4n) is 2.65. The van der Waals surface area contributed by atoms with Crippen LogP contribution in [-0.4, -0.2) is 19.5 Å². The summed E-state index contributed by atoms with van der Waals surface area (Å²) in [5.74, 6) is 1.49. The molecular formula is C18H18O3. The molecule has 0 N–H and O–H groups in total. The molecule has 0 saturated carbocycles. The second kappa shape index (κ2) is 6.00. The van der Waals surface area contributed by atoms with Crippen molar-refractivity contribution in [1.29, 1.82) is 0 Å². The molecule has 3 nitrogen and oxygen atoms in total. The Labute approximate surface area is 124 Å². The second-order valence-electron chi connectivity index (χ2n) is 5.22. The Hall–Kier alpha value is -2.29. The van der Waals surface area contributed by atoms with Gasteiger partial charge >= 0.3 is 0 Å². The average molecular weight is 282 g/mol. The first-order valence-corrected chi connectivity index (χ1v) is 7.18. The molecule has 2 aromatic carbocycles. The summed E-state index contributed by atoms with van der Waals surface area (Å²) < 4.78 is 10.7. The molecule has 108 valence electrons. The zero-order valence-electron chi connectivity index (χ0n) is 12.1. The van der Waals surface area contributed by atoms with Gasteiger partial charge in [-0.25, -0.2) is 0 Å². The minimum absolute atomic E-state index is 0.0295. The number of fused-ring (bicyclic) bond motifs is 1. The molecule has 1 aliphatic carbocycles. The number of carbonyl (C=O) groups is 1.